The number of benzene rings is 7. The molecule has 0 saturated heterocycles. The summed E-state index contributed by atoms with van der Waals surface area (Å²) >= 11 is 0. The smallest absolute Gasteiger partial charge is 0.337 e. The van der Waals surface area contributed by atoms with Gasteiger partial charge in [0, 0.05) is 28.4 Å². The fourth-order valence-electron chi connectivity index (χ4n) is 6.77. The van der Waals surface area contributed by atoms with E-state index in [1.54, 1.807) is 78.9 Å². The highest BCUT2D eigenvalue weighted by Crippen LogP contribution is 2.45. The Kier molecular flexibility index (Phi) is 10.8. The van der Waals surface area contributed by atoms with Crippen LogP contribution in [-0.4, -0.2) is 13.1 Å². The van der Waals surface area contributed by atoms with Gasteiger partial charge in [0.05, 0.1) is 35.4 Å². The van der Waals surface area contributed by atoms with E-state index in [9.17, 15) is 4.79 Å². The average molecular weight is 766 g/mol. The first-order valence-electron chi connectivity index (χ1n) is 18.3. The van der Waals surface area contributed by atoms with Gasteiger partial charge in [-0.15, -0.1) is 0 Å². The fraction of sp³-hybridized carbons (Fsp3) is 0.104. The van der Waals surface area contributed by atoms with Gasteiger partial charge >= 0.3 is 5.97 Å². The summed E-state index contributed by atoms with van der Waals surface area (Å²) in [6, 6.07) is 44.1. The highest BCUT2D eigenvalue weighted by atomic mass is 19.1. The van der Waals surface area contributed by atoms with Crippen LogP contribution in [0.15, 0.2) is 164 Å². The van der Waals surface area contributed by atoms with E-state index >= 15 is 17.6 Å². The second kappa shape index (κ2) is 16.1. The zero-order valence-corrected chi connectivity index (χ0v) is 31.8. The van der Waals surface area contributed by atoms with Crippen LogP contribution in [0.2, 0.25) is 0 Å². The quantitative estimate of drug-likeness (QED) is 0.102. The van der Waals surface area contributed by atoms with Crippen LogP contribution in [0, 0.1) is 23.3 Å². The second-order valence-electron chi connectivity index (χ2n) is 14.4. The summed E-state index contributed by atoms with van der Waals surface area (Å²) in [5, 5.41) is 0. The predicted octanol–water partition coefficient (Wildman–Crippen LogP) is 13.7. The predicted molar refractivity (Wildman–Crippen MR) is 220 cm³/mol. The van der Waals surface area contributed by atoms with E-state index in [2.05, 4.69) is 20.8 Å². The zero-order chi connectivity index (χ0) is 40.3. The Labute approximate surface area is 329 Å². The molecule has 7 aromatic carbocycles. The van der Waals surface area contributed by atoms with Crippen molar-refractivity contribution in [3.8, 4) is 0 Å². The van der Waals surface area contributed by atoms with Gasteiger partial charge in [-0.05, 0) is 108 Å². The summed E-state index contributed by atoms with van der Waals surface area (Å²) in [5.74, 6) is -3.03. The zero-order valence-electron chi connectivity index (χ0n) is 31.8. The van der Waals surface area contributed by atoms with Gasteiger partial charge in [0.2, 0.25) is 0 Å². The number of ether oxygens (including phenoxy) is 1. The maximum atomic E-state index is 15.7. The van der Waals surface area contributed by atoms with Gasteiger partial charge in [-0.1, -0.05) is 87.5 Å². The van der Waals surface area contributed by atoms with Crippen LogP contribution in [0.4, 0.5) is 68.7 Å². The highest BCUT2D eigenvalue weighted by molar-refractivity contribution is 5.95. The van der Waals surface area contributed by atoms with Gasteiger partial charge in [0.1, 0.15) is 23.3 Å². The summed E-state index contributed by atoms with van der Waals surface area (Å²) in [5.41, 5.74) is 3.68. The molecule has 0 unspecified atom stereocenters. The van der Waals surface area contributed by atoms with Gasteiger partial charge < -0.3 is 19.4 Å². The molecule has 7 rings (SSSR count). The Morgan fingerprint density at radius 1 is 0.439 bits per heavy atom. The summed E-state index contributed by atoms with van der Waals surface area (Å²) in [7, 11) is 1.26. The molecule has 5 nitrogen and oxygen atoms in total. The van der Waals surface area contributed by atoms with Crippen LogP contribution in [0.3, 0.4) is 0 Å². The molecule has 0 aromatic heterocycles. The summed E-state index contributed by atoms with van der Waals surface area (Å²) in [6.45, 7) is 6.32. The number of hydrogen-bond acceptors (Lipinski definition) is 5. The molecule has 0 radical (unpaired) electrons. The fourth-order valence-corrected chi connectivity index (χ4v) is 6.77. The lowest BCUT2D eigenvalue weighted by Crippen LogP contribution is -2.18. The average Bonchev–Trinajstić information content (AvgIpc) is 3.21. The van der Waals surface area contributed by atoms with Crippen molar-refractivity contribution in [1.29, 1.82) is 0 Å². The summed E-state index contributed by atoms with van der Waals surface area (Å²) in [6.07, 6.45) is 0. The van der Waals surface area contributed by atoms with Crippen LogP contribution in [-0.2, 0) is 10.2 Å². The van der Waals surface area contributed by atoms with Crippen molar-refractivity contribution in [2.24, 2.45) is 0 Å². The lowest BCUT2D eigenvalue weighted by molar-refractivity contribution is 0.0600. The van der Waals surface area contributed by atoms with Crippen molar-refractivity contribution in [1.82, 2.24) is 0 Å². The molecule has 0 fully saturated rings. The number of hydrogen-bond donors (Lipinski definition) is 0. The molecular weight excluding hydrogens is 727 g/mol. The number of carbonyl (C=O) groups excluding carboxylic acids is 1. The van der Waals surface area contributed by atoms with Crippen molar-refractivity contribution in [2.45, 2.75) is 26.2 Å². The molecule has 0 amide bonds. The Balaban J connectivity index is 1.50. The Bertz CT molecular complexity index is 2460. The van der Waals surface area contributed by atoms with Crippen LogP contribution >= 0.6 is 0 Å². The molecule has 286 valence electrons. The third-order valence-corrected chi connectivity index (χ3v) is 9.55. The minimum atomic E-state index is -0.679. The summed E-state index contributed by atoms with van der Waals surface area (Å²) in [4.78, 5) is 18.2. The summed E-state index contributed by atoms with van der Waals surface area (Å²) < 4.78 is 67.8. The van der Waals surface area contributed by atoms with Crippen LogP contribution in [0.5, 0.6) is 0 Å². The second-order valence-corrected chi connectivity index (χ2v) is 14.4. The monoisotopic (exact) mass is 765 g/mol. The molecule has 0 saturated carbocycles. The van der Waals surface area contributed by atoms with Crippen molar-refractivity contribution in [3.63, 3.8) is 0 Å². The van der Waals surface area contributed by atoms with Crippen LogP contribution in [0.25, 0.3) is 0 Å². The Morgan fingerprint density at radius 2 is 0.807 bits per heavy atom. The molecule has 9 heteroatoms. The van der Waals surface area contributed by atoms with E-state index < -0.39 is 29.2 Å². The Hall–Kier alpha value is -6.87. The molecule has 0 atom stereocenters. The molecule has 0 aliphatic rings. The first-order valence-corrected chi connectivity index (χ1v) is 18.3. The van der Waals surface area contributed by atoms with E-state index in [-0.39, 0.29) is 39.4 Å². The van der Waals surface area contributed by atoms with Gasteiger partial charge in [-0.25, -0.2) is 22.4 Å². The van der Waals surface area contributed by atoms with Gasteiger partial charge in [0.15, 0.2) is 0 Å². The third-order valence-electron chi connectivity index (χ3n) is 9.55. The van der Waals surface area contributed by atoms with E-state index in [4.69, 9.17) is 4.74 Å². The first-order chi connectivity index (χ1) is 27.4. The van der Waals surface area contributed by atoms with Gasteiger partial charge in [-0.2, -0.15) is 0 Å². The minimum Gasteiger partial charge on any atom is -0.465 e. The number of anilines is 9. The standard InChI is InChI=1S/C48H39F4N3O2/c1-48(2,3)33-24-26-34(27-25-33)53(35-14-13-15-36(30-35)54(43-20-9-5-16-39(43)49)44-21-10-6-17-40(44)50)37-28-32(47(56)57-4)29-38(31-37)55(45-22-11-7-18-41(45)51)46-23-12-8-19-42(46)52/h5-31H,1-4H3. The molecule has 0 spiro atoms. The Morgan fingerprint density at radius 3 is 1.21 bits per heavy atom. The number of nitrogens with zero attached hydrogens (tertiary/aromatic N) is 3. The van der Waals surface area contributed by atoms with Crippen molar-refractivity contribution in [3.05, 3.63) is 198 Å². The van der Waals surface area contributed by atoms with Crippen molar-refractivity contribution >= 4 is 57.2 Å². The minimum absolute atomic E-state index is 0.0454. The van der Waals surface area contributed by atoms with Crippen molar-refractivity contribution in [2.75, 3.05) is 21.8 Å². The normalized spacial score (nSPS) is 11.2. The molecule has 0 heterocycles. The number of para-hydroxylation sites is 4. The van der Waals surface area contributed by atoms with Crippen LogP contribution < -0.4 is 14.7 Å². The van der Waals surface area contributed by atoms with E-state index in [0.717, 1.165) is 5.56 Å². The number of methoxy groups -OCH3 is 1. The number of halogens is 4. The van der Waals surface area contributed by atoms with Crippen LogP contribution in [0.1, 0.15) is 36.7 Å². The molecule has 57 heavy (non-hydrogen) atoms. The third kappa shape index (κ3) is 7.95. The highest BCUT2D eigenvalue weighted by Gasteiger charge is 2.26. The van der Waals surface area contributed by atoms with Gasteiger partial charge in [-0.3, -0.25) is 0 Å². The number of esters is 1. The largest absolute Gasteiger partial charge is 0.465 e. The molecule has 7 aromatic rings. The van der Waals surface area contributed by atoms with Crippen molar-refractivity contribution < 1.29 is 27.1 Å². The number of carbonyl (C=O) groups is 1. The van der Waals surface area contributed by atoms with E-state index in [0.29, 0.717) is 22.7 Å². The lowest BCUT2D eigenvalue weighted by atomic mass is 9.87. The van der Waals surface area contributed by atoms with Gasteiger partial charge in [0.25, 0.3) is 0 Å². The molecule has 0 bridgehead atoms. The topological polar surface area (TPSA) is 36.0 Å². The maximum Gasteiger partial charge on any atom is 0.337 e. The first kappa shape index (κ1) is 38.4. The molecule has 0 N–H and O–H groups in total. The maximum absolute atomic E-state index is 15.7. The van der Waals surface area contributed by atoms with E-state index in [1.807, 2.05) is 35.2 Å². The SMILES string of the molecule is COC(=O)c1cc(N(c2ccc(C(C)(C)C)cc2)c2cccc(N(c3ccccc3F)c3ccccc3F)c2)cc(N(c2ccccc2F)c2ccccc2F)c1. The number of rotatable bonds is 10. The molecule has 0 aliphatic carbocycles. The van der Waals surface area contributed by atoms with E-state index in [1.165, 1.54) is 71.5 Å². The molecular formula is C48H39F4N3O2. The lowest BCUT2D eigenvalue weighted by Gasteiger charge is -2.32. The molecule has 0 aliphatic heterocycles.